The van der Waals surface area contributed by atoms with Gasteiger partial charge in [0.2, 0.25) is 0 Å². The predicted molar refractivity (Wildman–Crippen MR) is 67.2 cm³/mol. The van der Waals surface area contributed by atoms with Crippen molar-refractivity contribution in [3.8, 4) is 0 Å². The highest BCUT2D eigenvalue weighted by Gasteiger charge is 2.15. The molecule has 0 fully saturated rings. The average molecular weight is 242 g/mol. The Balaban J connectivity index is 1.96. The molecule has 0 aliphatic heterocycles. The van der Waals surface area contributed by atoms with E-state index in [1.54, 1.807) is 18.7 Å². The Bertz CT molecular complexity index is 629. The lowest BCUT2D eigenvalue weighted by atomic mass is 10.0. The molecule has 92 valence electrons. The minimum atomic E-state index is 0.198. The van der Waals surface area contributed by atoms with Gasteiger partial charge in [-0.05, 0) is 25.1 Å². The second-order valence-corrected chi connectivity index (χ2v) is 4.18. The van der Waals surface area contributed by atoms with Crippen LogP contribution in [0.25, 0.3) is 5.52 Å². The Morgan fingerprint density at radius 3 is 3.17 bits per heavy atom. The molecule has 0 aliphatic carbocycles. The summed E-state index contributed by atoms with van der Waals surface area (Å²) in [6.07, 6.45) is 11.6. The van der Waals surface area contributed by atoms with Crippen LogP contribution in [-0.4, -0.2) is 21.6 Å². The molecule has 0 amide bonds. The summed E-state index contributed by atoms with van der Waals surface area (Å²) < 4.78 is 6.94. The normalized spacial score (nSPS) is 12.9. The van der Waals surface area contributed by atoms with Gasteiger partial charge in [0.1, 0.15) is 0 Å². The molecule has 1 N–H and O–H groups in total. The summed E-state index contributed by atoms with van der Waals surface area (Å²) in [7, 11) is 1.95. The van der Waals surface area contributed by atoms with Crippen molar-refractivity contribution in [2.45, 2.75) is 12.5 Å². The maximum absolute atomic E-state index is 5.10. The monoisotopic (exact) mass is 242 g/mol. The van der Waals surface area contributed by atoms with E-state index in [1.165, 1.54) is 0 Å². The highest BCUT2D eigenvalue weighted by molar-refractivity contribution is 5.53. The van der Waals surface area contributed by atoms with E-state index in [-0.39, 0.29) is 6.04 Å². The van der Waals surface area contributed by atoms with E-state index in [0.717, 1.165) is 23.1 Å². The number of furan rings is 1. The number of hydrogen-bond donors (Lipinski definition) is 1. The van der Waals surface area contributed by atoms with Crippen molar-refractivity contribution in [2.75, 3.05) is 7.05 Å². The zero-order chi connectivity index (χ0) is 12.4. The molecule has 1 atom stereocenters. The van der Waals surface area contributed by atoms with Crippen LogP contribution in [-0.2, 0) is 6.42 Å². The molecule has 0 aromatic carbocycles. The maximum Gasteiger partial charge on any atom is 0.0935 e. The predicted octanol–water partition coefficient (Wildman–Crippen LogP) is 1.83. The third kappa shape index (κ3) is 1.89. The van der Waals surface area contributed by atoms with Crippen LogP contribution in [0.4, 0.5) is 0 Å². The van der Waals surface area contributed by atoms with Crippen molar-refractivity contribution in [3.05, 3.63) is 54.5 Å². The summed E-state index contributed by atoms with van der Waals surface area (Å²) in [6.45, 7) is 0. The molecular formula is C13H14N4O. The van der Waals surface area contributed by atoms with Gasteiger partial charge in [-0.2, -0.15) is 5.10 Å². The molecule has 5 heteroatoms. The molecule has 3 rings (SSSR count). The molecule has 3 heterocycles. The minimum absolute atomic E-state index is 0.198. The first kappa shape index (κ1) is 11.0. The van der Waals surface area contributed by atoms with Gasteiger partial charge in [0, 0.05) is 24.0 Å². The number of fused-ring (bicyclic) bond motifs is 1. The van der Waals surface area contributed by atoms with Gasteiger partial charge in [-0.15, -0.1) is 0 Å². The molecule has 0 spiro atoms. The van der Waals surface area contributed by atoms with Crippen LogP contribution in [0.5, 0.6) is 0 Å². The van der Waals surface area contributed by atoms with Crippen LogP contribution < -0.4 is 5.32 Å². The van der Waals surface area contributed by atoms with Crippen LogP contribution in [0.1, 0.15) is 17.2 Å². The molecule has 3 aromatic heterocycles. The lowest BCUT2D eigenvalue weighted by molar-refractivity contribution is 0.552. The topological polar surface area (TPSA) is 55.4 Å². The number of aromatic nitrogens is 3. The van der Waals surface area contributed by atoms with E-state index in [1.807, 2.05) is 36.2 Å². The van der Waals surface area contributed by atoms with E-state index in [2.05, 4.69) is 15.4 Å². The van der Waals surface area contributed by atoms with Gasteiger partial charge < -0.3 is 9.73 Å². The molecular weight excluding hydrogens is 228 g/mol. The number of hydrogen-bond acceptors (Lipinski definition) is 4. The van der Waals surface area contributed by atoms with Gasteiger partial charge in [0.05, 0.1) is 30.4 Å². The third-order valence-electron chi connectivity index (χ3n) is 3.10. The molecule has 0 radical (unpaired) electrons. The SMILES string of the molecule is CNC(Cc1ccoc1)c1cnn2ccncc12. The minimum Gasteiger partial charge on any atom is -0.472 e. The summed E-state index contributed by atoms with van der Waals surface area (Å²) >= 11 is 0. The first-order valence-corrected chi connectivity index (χ1v) is 5.84. The van der Waals surface area contributed by atoms with Crippen molar-refractivity contribution < 1.29 is 4.42 Å². The fraction of sp³-hybridized carbons (Fsp3) is 0.231. The molecule has 18 heavy (non-hydrogen) atoms. The first-order chi connectivity index (χ1) is 8.88. The molecule has 0 aliphatic rings. The number of rotatable bonds is 4. The summed E-state index contributed by atoms with van der Waals surface area (Å²) in [5.74, 6) is 0. The largest absolute Gasteiger partial charge is 0.472 e. The van der Waals surface area contributed by atoms with E-state index in [9.17, 15) is 0 Å². The quantitative estimate of drug-likeness (QED) is 0.758. The number of likely N-dealkylation sites (N-methyl/N-ethyl adjacent to an activating group) is 1. The zero-order valence-electron chi connectivity index (χ0n) is 10.1. The molecule has 0 bridgehead atoms. The van der Waals surface area contributed by atoms with Gasteiger partial charge in [0.25, 0.3) is 0 Å². The fourth-order valence-electron chi connectivity index (χ4n) is 2.13. The van der Waals surface area contributed by atoms with Crippen molar-refractivity contribution in [3.63, 3.8) is 0 Å². The molecule has 5 nitrogen and oxygen atoms in total. The van der Waals surface area contributed by atoms with Gasteiger partial charge >= 0.3 is 0 Å². The van der Waals surface area contributed by atoms with E-state index >= 15 is 0 Å². The van der Waals surface area contributed by atoms with Gasteiger partial charge in [-0.3, -0.25) is 4.98 Å². The Hall–Kier alpha value is -2.14. The van der Waals surface area contributed by atoms with Crippen LogP contribution >= 0.6 is 0 Å². The van der Waals surface area contributed by atoms with Gasteiger partial charge in [-0.25, -0.2) is 4.52 Å². The van der Waals surface area contributed by atoms with E-state index < -0.39 is 0 Å². The molecule has 3 aromatic rings. The van der Waals surface area contributed by atoms with Crippen molar-refractivity contribution in [1.82, 2.24) is 19.9 Å². The maximum atomic E-state index is 5.10. The zero-order valence-corrected chi connectivity index (χ0v) is 10.1. The number of nitrogens with zero attached hydrogens (tertiary/aromatic N) is 3. The first-order valence-electron chi connectivity index (χ1n) is 5.84. The lowest BCUT2D eigenvalue weighted by Crippen LogP contribution is -2.18. The molecule has 0 saturated carbocycles. The molecule has 1 unspecified atom stereocenters. The second-order valence-electron chi connectivity index (χ2n) is 4.18. The molecule has 0 saturated heterocycles. The average Bonchev–Trinajstić information content (AvgIpc) is 3.05. The summed E-state index contributed by atoms with van der Waals surface area (Å²) in [5, 5.41) is 7.64. The second kappa shape index (κ2) is 4.62. The summed E-state index contributed by atoms with van der Waals surface area (Å²) in [5.41, 5.74) is 3.34. The Labute approximate surface area is 104 Å². The van der Waals surface area contributed by atoms with Crippen molar-refractivity contribution >= 4 is 5.52 Å². The Morgan fingerprint density at radius 2 is 2.39 bits per heavy atom. The van der Waals surface area contributed by atoms with E-state index in [4.69, 9.17) is 4.42 Å². The Morgan fingerprint density at radius 1 is 1.44 bits per heavy atom. The van der Waals surface area contributed by atoms with E-state index in [0.29, 0.717) is 0 Å². The summed E-state index contributed by atoms with van der Waals surface area (Å²) in [4.78, 5) is 4.15. The van der Waals surface area contributed by atoms with Crippen LogP contribution in [0, 0.1) is 0 Å². The lowest BCUT2D eigenvalue weighted by Gasteiger charge is -2.13. The van der Waals surface area contributed by atoms with Crippen LogP contribution in [0.2, 0.25) is 0 Å². The van der Waals surface area contributed by atoms with Gasteiger partial charge in [0.15, 0.2) is 0 Å². The highest BCUT2D eigenvalue weighted by Crippen LogP contribution is 2.22. The standard InChI is InChI=1S/C13H14N4O/c1-14-12(6-10-2-5-18-9-10)11-7-16-17-4-3-15-8-13(11)17/h2-5,7-9,12,14H,6H2,1H3. The Kier molecular flexibility index (Phi) is 2.82. The van der Waals surface area contributed by atoms with Crippen molar-refractivity contribution in [2.24, 2.45) is 0 Å². The van der Waals surface area contributed by atoms with Gasteiger partial charge in [-0.1, -0.05) is 0 Å². The van der Waals surface area contributed by atoms with Crippen molar-refractivity contribution in [1.29, 1.82) is 0 Å². The number of nitrogens with one attached hydrogen (secondary N) is 1. The summed E-state index contributed by atoms with van der Waals surface area (Å²) in [6, 6.07) is 2.18. The van der Waals surface area contributed by atoms with Crippen LogP contribution in [0.15, 0.2) is 47.8 Å². The third-order valence-corrected chi connectivity index (χ3v) is 3.10. The smallest absolute Gasteiger partial charge is 0.0935 e. The highest BCUT2D eigenvalue weighted by atomic mass is 16.3. The van der Waals surface area contributed by atoms with Crippen LogP contribution in [0.3, 0.4) is 0 Å². The fourth-order valence-corrected chi connectivity index (χ4v) is 2.13.